The molecule has 104 valence electrons. The van der Waals surface area contributed by atoms with Crippen LogP contribution in [0.2, 0.25) is 0 Å². The summed E-state index contributed by atoms with van der Waals surface area (Å²) in [5.74, 6) is -1.51. The van der Waals surface area contributed by atoms with Crippen LogP contribution in [0.3, 0.4) is 0 Å². The summed E-state index contributed by atoms with van der Waals surface area (Å²) in [6.45, 7) is 0. The third-order valence-electron chi connectivity index (χ3n) is 2.76. The van der Waals surface area contributed by atoms with Gasteiger partial charge >= 0.3 is 5.97 Å². The molecule has 0 heterocycles. The van der Waals surface area contributed by atoms with Gasteiger partial charge in [0.1, 0.15) is 5.82 Å². The molecule has 20 heavy (non-hydrogen) atoms. The van der Waals surface area contributed by atoms with E-state index >= 15 is 0 Å². The van der Waals surface area contributed by atoms with Gasteiger partial charge < -0.3 is 5.11 Å². The summed E-state index contributed by atoms with van der Waals surface area (Å²) in [5, 5.41) is 8.73. The Morgan fingerprint density at radius 3 is 2.30 bits per heavy atom. The van der Waals surface area contributed by atoms with E-state index in [0.717, 1.165) is 11.6 Å². The summed E-state index contributed by atoms with van der Waals surface area (Å²) >= 11 is 0. The highest BCUT2D eigenvalue weighted by Gasteiger charge is 2.11. The third-order valence-corrected chi connectivity index (χ3v) is 4.07. The van der Waals surface area contributed by atoms with Crippen molar-refractivity contribution in [2.75, 3.05) is 0 Å². The lowest BCUT2D eigenvalue weighted by molar-refractivity contribution is 0.0692. The summed E-state index contributed by atoms with van der Waals surface area (Å²) in [5.41, 5.74) is 1.11. The molecule has 0 aliphatic carbocycles. The zero-order valence-corrected chi connectivity index (χ0v) is 11.4. The first-order valence-corrected chi connectivity index (χ1v) is 7.45. The zero-order valence-electron chi connectivity index (χ0n) is 10.6. The van der Waals surface area contributed by atoms with E-state index in [9.17, 15) is 13.4 Å². The molecule has 2 rings (SSSR count). The standard InChI is InChI=1S/C15H13FO3S/c16-14-8-12(6-7-13(14)15(17)18)10-20(19)9-11-4-2-1-3-5-11/h1-8H,9-10H2,(H,17,18). The molecule has 0 amide bonds. The van der Waals surface area contributed by atoms with Crippen molar-refractivity contribution in [3.8, 4) is 0 Å². The number of carboxylic acid groups (broad SMARTS) is 1. The van der Waals surface area contributed by atoms with E-state index in [1.165, 1.54) is 12.1 Å². The Labute approximate surface area is 118 Å². The minimum Gasteiger partial charge on any atom is -0.478 e. The Morgan fingerprint density at radius 1 is 1.05 bits per heavy atom. The number of carbonyl (C=O) groups is 1. The van der Waals surface area contributed by atoms with E-state index in [4.69, 9.17) is 5.11 Å². The summed E-state index contributed by atoms with van der Waals surface area (Å²) in [6.07, 6.45) is 0. The average Bonchev–Trinajstić information content (AvgIpc) is 2.39. The molecule has 0 spiro atoms. The van der Waals surface area contributed by atoms with Crippen LogP contribution in [0.25, 0.3) is 0 Å². The monoisotopic (exact) mass is 292 g/mol. The van der Waals surface area contributed by atoms with Crippen molar-refractivity contribution < 1.29 is 18.5 Å². The zero-order chi connectivity index (χ0) is 14.5. The van der Waals surface area contributed by atoms with Crippen LogP contribution in [-0.4, -0.2) is 15.3 Å². The van der Waals surface area contributed by atoms with E-state index in [2.05, 4.69) is 0 Å². The van der Waals surface area contributed by atoms with Crippen LogP contribution < -0.4 is 0 Å². The van der Waals surface area contributed by atoms with Crippen molar-refractivity contribution in [3.05, 3.63) is 71.0 Å². The van der Waals surface area contributed by atoms with Crippen molar-refractivity contribution >= 4 is 16.8 Å². The number of halogens is 1. The number of benzene rings is 2. The summed E-state index contributed by atoms with van der Waals surface area (Å²) in [4.78, 5) is 10.7. The summed E-state index contributed by atoms with van der Waals surface area (Å²) in [7, 11) is -1.16. The number of rotatable bonds is 5. The molecular formula is C15H13FO3S. The molecule has 0 bridgehead atoms. The molecular weight excluding hydrogens is 279 g/mol. The fourth-order valence-electron chi connectivity index (χ4n) is 1.82. The lowest BCUT2D eigenvalue weighted by Gasteiger charge is -2.04. The van der Waals surface area contributed by atoms with Crippen molar-refractivity contribution in [3.63, 3.8) is 0 Å². The maximum atomic E-state index is 13.5. The highest BCUT2D eigenvalue weighted by molar-refractivity contribution is 7.83. The molecule has 0 saturated heterocycles. The molecule has 5 heteroatoms. The smallest absolute Gasteiger partial charge is 0.338 e. The minimum absolute atomic E-state index is 0.200. The average molecular weight is 292 g/mol. The van der Waals surface area contributed by atoms with E-state index in [1.807, 2.05) is 30.3 Å². The third kappa shape index (κ3) is 3.74. The molecule has 0 saturated carbocycles. The minimum atomic E-state index is -1.31. The van der Waals surface area contributed by atoms with E-state index in [0.29, 0.717) is 11.3 Å². The fourth-order valence-corrected chi connectivity index (χ4v) is 3.04. The number of carboxylic acids is 1. The predicted octanol–water partition coefficient (Wildman–Crippen LogP) is 2.97. The lowest BCUT2D eigenvalue weighted by Crippen LogP contribution is -2.03. The van der Waals surface area contributed by atoms with Crippen molar-refractivity contribution in [1.29, 1.82) is 0 Å². The van der Waals surface area contributed by atoms with E-state index in [-0.39, 0.29) is 11.3 Å². The van der Waals surface area contributed by atoms with Gasteiger partial charge in [-0.15, -0.1) is 0 Å². The Morgan fingerprint density at radius 2 is 1.70 bits per heavy atom. The predicted molar refractivity (Wildman–Crippen MR) is 75.4 cm³/mol. The van der Waals surface area contributed by atoms with Gasteiger partial charge in [-0.2, -0.15) is 0 Å². The van der Waals surface area contributed by atoms with Crippen molar-refractivity contribution in [1.82, 2.24) is 0 Å². The first-order chi connectivity index (χ1) is 9.56. The van der Waals surface area contributed by atoms with E-state index < -0.39 is 22.6 Å². The molecule has 1 N–H and O–H groups in total. The maximum Gasteiger partial charge on any atom is 0.338 e. The van der Waals surface area contributed by atoms with Gasteiger partial charge in [0.15, 0.2) is 0 Å². The van der Waals surface area contributed by atoms with Gasteiger partial charge in [-0.25, -0.2) is 9.18 Å². The molecule has 2 aromatic carbocycles. The van der Waals surface area contributed by atoms with Crippen LogP contribution in [0.1, 0.15) is 21.5 Å². The summed E-state index contributed by atoms with van der Waals surface area (Å²) in [6, 6.07) is 13.2. The van der Waals surface area contributed by atoms with Gasteiger partial charge in [0, 0.05) is 22.3 Å². The Kier molecular flexibility index (Phi) is 4.63. The molecule has 1 atom stereocenters. The van der Waals surface area contributed by atoms with Gasteiger partial charge in [-0.05, 0) is 23.3 Å². The normalized spacial score (nSPS) is 12.1. The van der Waals surface area contributed by atoms with Crippen LogP contribution in [0.15, 0.2) is 48.5 Å². The molecule has 2 aromatic rings. The van der Waals surface area contributed by atoms with Crippen LogP contribution in [0.5, 0.6) is 0 Å². The fraction of sp³-hybridized carbons (Fsp3) is 0.133. The topological polar surface area (TPSA) is 54.4 Å². The highest BCUT2D eigenvalue weighted by Crippen LogP contribution is 2.14. The van der Waals surface area contributed by atoms with Gasteiger partial charge in [0.2, 0.25) is 0 Å². The quantitative estimate of drug-likeness (QED) is 0.921. The molecule has 0 radical (unpaired) electrons. The molecule has 1 unspecified atom stereocenters. The van der Waals surface area contributed by atoms with Crippen molar-refractivity contribution in [2.45, 2.75) is 11.5 Å². The molecule has 3 nitrogen and oxygen atoms in total. The Balaban J connectivity index is 2.05. The SMILES string of the molecule is O=C(O)c1ccc(CS(=O)Cc2ccccc2)cc1F. The number of hydrogen-bond acceptors (Lipinski definition) is 2. The van der Waals surface area contributed by atoms with Gasteiger partial charge in [0.25, 0.3) is 0 Å². The first kappa shape index (κ1) is 14.4. The molecule has 0 aliphatic heterocycles. The Hall–Kier alpha value is -2.01. The lowest BCUT2D eigenvalue weighted by atomic mass is 10.1. The highest BCUT2D eigenvalue weighted by atomic mass is 32.2. The second-order valence-corrected chi connectivity index (χ2v) is 5.79. The second kappa shape index (κ2) is 6.43. The van der Waals surface area contributed by atoms with Crippen molar-refractivity contribution in [2.24, 2.45) is 0 Å². The van der Waals surface area contributed by atoms with Crippen LogP contribution in [0.4, 0.5) is 4.39 Å². The Bertz CT molecular complexity index is 641. The van der Waals surface area contributed by atoms with Gasteiger partial charge in [-0.3, -0.25) is 4.21 Å². The molecule has 0 fully saturated rings. The second-order valence-electron chi connectivity index (χ2n) is 4.33. The van der Waals surface area contributed by atoms with E-state index in [1.54, 1.807) is 0 Å². The first-order valence-electron chi connectivity index (χ1n) is 5.97. The number of hydrogen-bond donors (Lipinski definition) is 1. The summed E-state index contributed by atoms with van der Waals surface area (Å²) < 4.78 is 25.5. The van der Waals surface area contributed by atoms with Gasteiger partial charge in [-0.1, -0.05) is 36.4 Å². The largest absolute Gasteiger partial charge is 0.478 e. The maximum absolute atomic E-state index is 13.5. The molecule has 0 aromatic heterocycles. The van der Waals surface area contributed by atoms with Crippen LogP contribution in [-0.2, 0) is 22.3 Å². The van der Waals surface area contributed by atoms with Crippen LogP contribution >= 0.6 is 0 Å². The number of aromatic carboxylic acids is 1. The molecule has 0 aliphatic rings. The van der Waals surface area contributed by atoms with Gasteiger partial charge in [0.05, 0.1) is 5.56 Å². The van der Waals surface area contributed by atoms with Crippen LogP contribution in [0, 0.1) is 5.82 Å².